The Morgan fingerprint density at radius 2 is 1.86 bits per heavy atom. The number of rotatable bonds is 3. The van der Waals surface area contributed by atoms with Gasteiger partial charge in [-0.1, -0.05) is 15.9 Å². The van der Waals surface area contributed by atoms with Crippen molar-refractivity contribution in [1.29, 1.82) is 0 Å². The highest BCUT2D eigenvalue weighted by molar-refractivity contribution is 9.10. The predicted octanol–water partition coefficient (Wildman–Crippen LogP) is 4.70. The Morgan fingerprint density at radius 1 is 1.10 bits per heavy atom. The maximum Gasteiger partial charge on any atom is 0.320 e. The molecule has 0 radical (unpaired) electrons. The summed E-state index contributed by atoms with van der Waals surface area (Å²) in [5.74, 6) is 0.729. The molecular weight excluding hydrogens is 336 g/mol. The third-order valence-electron chi connectivity index (χ3n) is 2.94. The van der Waals surface area contributed by atoms with E-state index in [-0.39, 0.29) is 11.4 Å². The fourth-order valence-corrected chi connectivity index (χ4v) is 2.28. The monoisotopic (exact) mass is 344 g/mol. The molecule has 0 saturated heterocycles. The third kappa shape index (κ3) is 2.71. The number of hydrogen-bond acceptors (Lipinski definition) is 4. The second kappa shape index (κ2) is 5.49. The molecule has 0 aliphatic rings. The van der Waals surface area contributed by atoms with Crippen LogP contribution in [0, 0.1) is 10.1 Å². The Morgan fingerprint density at radius 3 is 2.57 bits per heavy atom. The lowest BCUT2D eigenvalue weighted by Crippen LogP contribution is -1.95. The standard InChI is InChI=1S/C15H9BrN2O3/c16-10-3-5-11(6-4-10)21-14-8-7-13-12(2-1-9-17-13)15(14)18(19)20/h1-9H. The van der Waals surface area contributed by atoms with Crippen LogP contribution < -0.4 is 4.74 Å². The lowest BCUT2D eigenvalue weighted by molar-refractivity contribution is -0.383. The smallest absolute Gasteiger partial charge is 0.320 e. The number of nitrogens with zero attached hydrogens (tertiary/aromatic N) is 2. The van der Waals surface area contributed by atoms with Gasteiger partial charge in [0, 0.05) is 10.7 Å². The molecule has 2 aromatic carbocycles. The molecule has 104 valence electrons. The molecule has 0 fully saturated rings. The highest BCUT2D eigenvalue weighted by atomic mass is 79.9. The highest BCUT2D eigenvalue weighted by Gasteiger charge is 2.20. The van der Waals surface area contributed by atoms with Gasteiger partial charge in [0.1, 0.15) is 5.75 Å². The number of hydrogen-bond donors (Lipinski definition) is 0. The lowest BCUT2D eigenvalue weighted by atomic mass is 10.1. The van der Waals surface area contributed by atoms with E-state index < -0.39 is 4.92 Å². The Bertz CT molecular complexity index is 819. The van der Waals surface area contributed by atoms with Crippen molar-refractivity contribution in [3.05, 3.63) is 69.3 Å². The van der Waals surface area contributed by atoms with Crippen LogP contribution in [-0.4, -0.2) is 9.91 Å². The van der Waals surface area contributed by atoms with Gasteiger partial charge in [-0.3, -0.25) is 15.1 Å². The Hall–Kier alpha value is -2.47. The Labute approximate surface area is 128 Å². The molecule has 3 aromatic rings. The van der Waals surface area contributed by atoms with Crippen molar-refractivity contribution in [2.75, 3.05) is 0 Å². The maximum atomic E-state index is 11.4. The van der Waals surface area contributed by atoms with Crippen LogP contribution in [0.4, 0.5) is 5.69 Å². The summed E-state index contributed by atoms with van der Waals surface area (Å²) in [6, 6.07) is 13.7. The number of benzene rings is 2. The summed E-state index contributed by atoms with van der Waals surface area (Å²) < 4.78 is 6.55. The van der Waals surface area contributed by atoms with Crippen LogP contribution in [0.25, 0.3) is 10.9 Å². The average Bonchev–Trinajstić information content (AvgIpc) is 2.49. The van der Waals surface area contributed by atoms with Crippen molar-refractivity contribution in [1.82, 2.24) is 4.98 Å². The first kappa shape index (κ1) is 13.5. The van der Waals surface area contributed by atoms with Crippen LogP contribution in [0.1, 0.15) is 0 Å². The van der Waals surface area contributed by atoms with E-state index in [1.54, 1.807) is 42.6 Å². The van der Waals surface area contributed by atoms with Gasteiger partial charge in [-0.2, -0.15) is 0 Å². The zero-order valence-corrected chi connectivity index (χ0v) is 12.3. The number of nitro groups is 1. The Balaban J connectivity index is 2.11. The minimum absolute atomic E-state index is 0.0801. The van der Waals surface area contributed by atoms with Crippen molar-refractivity contribution in [3.63, 3.8) is 0 Å². The number of fused-ring (bicyclic) bond motifs is 1. The maximum absolute atomic E-state index is 11.4. The number of ether oxygens (including phenoxy) is 1. The minimum Gasteiger partial charge on any atom is -0.450 e. The highest BCUT2D eigenvalue weighted by Crippen LogP contribution is 2.37. The van der Waals surface area contributed by atoms with Gasteiger partial charge in [-0.25, -0.2) is 0 Å². The van der Waals surface area contributed by atoms with Crippen LogP contribution in [0.5, 0.6) is 11.5 Å². The van der Waals surface area contributed by atoms with Crippen molar-refractivity contribution < 1.29 is 9.66 Å². The molecule has 3 rings (SSSR count). The average molecular weight is 345 g/mol. The normalized spacial score (nSPS) is 10.5. The molecule has 0 unspecified atom stereocenters. The molecule has 0 atom stereocenters. The summed E-state index contributed by atoms with van der Waals surface area (Å²) in [6.45, 7) is 0. The van der Waals surface area contributed by atoms with E-state index in [1.165, 1.54) is 0 Å². The van der Waals surface area contributed by atoms with Crippen LogP contribution >= 0.6 is 15.9 Å². The summed E-state index contributed by atoms with van der Waals surface area (Å²) in [4.78, 5) is 15.0. The second-order valence-electron chi connectivity index (χ2n) is 4.30. The summed E-state index contributed by atoms with van der Waals surface area (Å²) in [7, 11) is 0. The zero-order valence-electron chi connectivity index (χ0n) is 10.7. The van der Waals surface area contributed by atoms with Crippen molar-refractivity contribution in [2.24, 2.45) is 0 Å². The van der Waals surface area contributed by atoms with Gasteiger partial charge in [0.05, 0.1) is 15.8 Å². The van der Waals surface area contributed by atoms with Gasteiger partial charge in [-0.05, 0) is 48.5 Å². The quantitative estimate of drug-likeness (QED) is 0.510. The number of aromatic nitrogens is 1. The van der Waals surface area contributed by atoms with Gasteiger partial charge < -0.3 is 4.74 Å². The number of pyridine rings is 1. The van der Waals surface area contributed by atoms with E-state index in [9.17, 15) is 10.1 Å². The summed E-state index contributed by atoms with van der Waals surface area (Å²) in [5, 5.41) is 11.8. The van der Waals surface area contributed by atoms with E-state index >= 15 is 0 Å². The van der Waals surface area contributed by atoms with E-state index in [4.69, 9.17) is 4.74 Å². The van der Waals surface area contributed by atoms with Gasteiger partial charge in [0.25, 0.3) is 0 Å². The van der Waals surface area contributed by atoms with Crippen molar-refractivity contribution in [3.8, 4) is 11.5 Å². The fourth-order valence-electron chi connectivity index (χ4n) is 2.02. The van der Waals surface area contributed by atoms with E-state index in [0.29, 0.717) is 16.7 Å². The van der Waals surface area contributed by atoms with E-state index in [1.807, 2.05) is 12.1 Å². The third-order valence-corrected chi connectivity index (χ3v) is 3.47. The molecule has 0 amide bonds. The molecule has 0 saturated carbocycles. The summed E-state index contributed by atoms with van der Waals surface area (Å²) in [6.07, 6.45) is 1.60. The van der Waals surface area contributed by atoms with Gasteiger partial charge in [0.2, 0.25) is 5.75 Å². The van der Waals surface area contributed by atoms with Crippen LogP contribution in [-0.2, 0) is 0 Å². The molecule has 5 nitrogen and oxygen atoms in total. The largest absolute Gasteiger partial charge is 0.450 e. The first-order valence-corrected chi connectivity index (χ1v) is 6.90. The van der Waals surface area contributed by atoms with Crippen LogP contribution in [0.15, 0.2) is 59.2 Å². The first-order chi connectivity index (χ1) is 10.1. The number of halogens is 1. The van der Waals surface area contributed by atoms with Crippen molar-refractivity contribution >= 4 is 32.5 Å². The molecule has 21 heavy (non-hydrogen) atoms. The van der Waals surface area contributed by atoms with E-state index in [2.05, 4.69) is 20.9 Å². The number of nitro benzene ring substituents is 1. The molecular formula is C15H9BrN2O3. The van der Waals surface area contributed by atoms with Crippen LogP contribution in [0.3, 0.4) is 0 Å². The van der Waals surface area contributed by atoms with Gasteiger partial charge in [-0.15, -0.1) is 0 Å². The molecule has 1 heterocycles. The molecule has 1 aromatic heterocycles. The zero-order chi connectivity index (χ0) is 14.8. The molecule has 0 aliphatic carbocycles. The molecule has 0 N–H and O–H groups in total. The minimum atomic E-state index is -0.446. The molecule has 0 spiro atoms. The van der Waals surface area contributed by atoms with Gasteiger partial charge in [0.15, 0.2) is 0 Å². The van der Waals surface area contributed by atoms with Crippen molar-refractivity contribution in [2.45, 2.75) is 0 Å². The molecule has 0 aliphatic heterocycles. The van der Waals surface area contributed by atoms with E-state index in [0.717, 1.165) is 4.47 Å². The summed E-state index contributed by atoms with van der Waals surface area (Å²) in [5.41, 5.74) is 0.482. The fraction of sp³-hybridized carbons (Fsp3) is 0. The van der Waals surface area contributed by atoms with Crippen LogP contribution in [0.2, 0.25) is 0 Å². The molecule has 6 heteroatoms. The predicted molar refractivity (Wildman–Crippen MR) is 82.6 cm³/mol. The SMILES string of the molecule is O=[N+]([O-])c1c(Oc2ccc(Br)cc2)ccc2ncccc12. The lowest BCUT2D eigenvalue weighted by Gasteiger charge is -2.08. The summed E-state index contributed by atoms with van der Waals surface area (Å²) >= 11 is 3.33. The van der Waals surface area contributed by atoms with Gasteiger partial charge >= 0.3 is 5.69 Å². The second-order valence-corrected chi connectivity index (χ2v) is 5.21. The molecule has 0 bridgehead atoms. The Kier molecular flexibility index (Phi) is 3.53. The topological polar surface area (TPSA) is 65.3 Å². The first-order valence-electron chi connectivity index (χ1n) is 6.11.